The Balaban J connectivity index is 1.73. The van der Waals surface area contributed by atoms with Gasteiger partial charge in [-0.05, 0) is 56.5 Å². The van der Waals surface area contributed by atoms with Crippen LogP contribution in [-0.4, -0.2) is 39.6 Å². The summed E-state index contributed by atoms with van der Waals surface area (Å²) in [5.74, 6) is 0.533. The van der Waals surface area contributed by atoms with Gasteiger partial charge < -0.3 is 10.2 Å². The number of aryl methyl sites for hydroxylation is 2. The Bertz CT molecular complexity index is 1080. The molecule has 0 spiro atoms. The lowest BCUT2D eigenvalue weighted by Crippen LogP contribution is -2.27. The van der Waals surface area contributed by atoms with Crippen molar-refractivity contribution < 1.29 is 9.59 Å². The minimum Gasteiger partial charge on any atom is -0.339 e. The minimum atomic E-state index is -0.162. The molecule has 1 aromatic heterocycles. The molecule has 4 rings (SSSR count). The fourth-order valence-corrected chi connectivity index (χ4v) is 3.91. The van der Waals surface area contributed by atoms with Crippen molar-refractivity contribution in [3.63, 3.8) is 0 Å². The van der Waals surface area contributed by atoms with E-state index in [-0.39, 0.29) is 11.8 Å². The van der Waals surface area contributed by atoms with E-state index in [4.69, 9.17) is 5.10 Å². The highest BCUT2D eigenvalue weighted by Crippen LogP contribution is 2.33. The van der Waals surface area contributed by atoms with Crippen molar-refractivity contribution in [2.24, 2.45) is 0 Å². The van der Waals surface area contributed by atoms with Crippen molar-refractivity contribution in [2.75, 3.05) is 18.4 Å². The van der Waals surface area contributed by atoms with Gasteiger partial charge in [-0.2, -0.15) is 5.10 Å². The number of carbonyl (C=O) groups excluding carboxylic acids is 2. The van der Waals surface area contributed by atoms with Crippen LogP contribution in [0.15, 0.2) is 48.5 Å². The molecule has 1 fully saturated rings. The second-order valence-electron chi connectivity index (χ2n) is 7.81. The highest BCUT2D eigenvalue weighted by atomic mass is 16.2. The number of carbonyl (C=O) groups is 2. The van der Waals surface area contributed by atoms with Crippen molar-refractivity contribution in [3.05, 3.63) is 65.4 Å². The number of aromatic nitrogens is 2. The predicted octanol–water partition coefficient (Wildman–Crippen LogP) is 4.35. The highest BCUT2D eigenvalue weighted by Gasteiger charge is 2.21. The molecule has 0 aliphatic carbocycles. The molecule has 0 radical (unpaired) electrons. The largest absolute Gasteiger partial charge is 0.339 e. The first-order valence-corrected chi connectivity index (χ1v) is 10.3. The number of amides is 2. The Kier molecular flexibility index (Phi) is 5.40. The summed E-state index contributed by atoms with van der Waals surface area (Å²) in [6, 6.07) is 15.6. The van der Waals surface area contributed by atoms with Gasteiger partial charge in [0.25, 0.3) is 5.91 Å². The van der Waals surface area contributed by atoms with E-state index in [9.17, 15) is 9.59 Å². The van der Waals surface area contributed by atoms with E-state index in [0.29, 0.717) is 11.4 Å². The number of nitrogens with one attached hydrogen (secondary N) is 1. The molecule has 1 N–H and O–H groups in total. The molecule has 1 aliphatic rings. The summed E-state index contributed by atoms with van der Waals surface area (Å²) >= 11 is 0. The predicted molar refractivity (Wildman–Crippen MR) is 118 cm³/mol. The van der Waals surface area contributed by atoms with Gasteiger partial charge in [-0.1, -0.05) is 29.8 Å². The molecule has 0 saturated carbocycles. The molecule has 6 nitrogen and oxygen atoms in total. The summed E-state index contributed by atoms with van der Waals surface area (Å²) in [6.07, 6.45) is 2.14. The Morgan fingerprint density at radius 2 is 1.57 bits per heavy atom. The van der Waals surface area contributed by atoms with E-state index in [1.54, 1.807) is 4.68 Å². The van der Waals surface area contributed by atoms with E-state index >= 15 is 0 Å². The highest BCUT2D eigenvalue weighted by molar-refractivity contribution is 5.95. The van der Waals surface area contributed by atoms with E-state index in [0.717, 1.165) is 48.4 Å². The number of anilines is 1. The van der Waals surface area contributed by atoms with Crippen LogP contribution < -0.4 is 5.32 Å². The molecule has 1 aliphatic heterocycles. The van der Waals surface area contributed by atoms with Gasteiger partial charge in [-0.25, -0.2) is 4.68 Å². The Hall–Kier alpha value is -3.41. The van der Waals surface area contributed by atoms with Gasteiger partial charge >= 0.3 is 0 Å². The van der Waals surface area contributed by atoms with Gasteiger partial charge in [-0.15, -0.1) is 0 Å². The summed E-state index contributed by atoms with van der Waals surface area (Å²) in [4.78, 5) is 26.5. The van der Waals surface area contributed by atoms with Crippen LogP contribution in [-0.2, 0) is 4.79 Å². The second-order valence-corrected chi connectivity index (χ2v) is 7.81. The van der Waals surface area contributed by atoms with Crippen LogP contribution in [0.3, 0.4) is 0 Å². The van der Waals surface area contributed by atoms with Crippen molar-refractivity contribution in [3.8, 4) is 16.8 Å². The van der Waals surface area contributed by atoms with Gasteiger partial charge in [0.05, 0.1) is 11.4 Å². The molecule has 0 bridgehead atoms. The van der Waals surface area contributed by atoms with Gasteiger partial charge in [0.15, 0.2) is 0 Å². The average Bonchev–Trinajstić information content (AvgIpc) is 3.37. The summed E-state index contributed by atoms with van der Waals surface area (Å²) in [7, 11) is 0. The first kappa shape index (κ1) is 19.9. The third-order valence-corrected chi connectivity index (χ3v) is 5.45. The molecule has 0 unspecified atom stereocenters. The first-order chi connectivity index (χ1) is 14.4. The number of benzene rings is 2. The lowest BCUT2D eigenvalue weighted by Gasteiger charge is -2.15. The summed E-state index contributed by atoms with van der Waals surface area (Å²) < 4.78 is 1.73. The third-order valence-electron chi connectivity index (χ3n) is 5.45. The zero-order valence-corrected chi connectivity index (χ0v) is 17.6. The summed E-state index contributed by atoms with van der Waals surface area (Å²) in [6.45, 7) is 7.11. The standard InChI is InChI=1S/C24H26N4O2/c1-16-6-8-19(9-7-16)22-17(2)26-28(23(22)25-18(3)29)21-12-10-20(11-13-21)24(30)27-14-4-5-15-27/h6-13H,4-5,14-15H2,1-3H3,(H,25,29). The maximum atomic E-state index is 12.6. The van der Waals surface area contributed by atoms with Crippen LogP contribution in [0.5, 0.6) is 0 Å². The maximum absolute atomic E-state index is 12.6. The maximum Gasteiger partial charge on any atom is 0.253 e. The molecule has 30 heavy (non-hydrogen) atoms. The van der Waals surface area contributed by atoms with Crippen LogP contribution in [0.4, 0.5) is 5.82 Å². The Morgan fingerprint density at radius 1 is 0.933 bits per heavy atom. The smallest absolute Gasteiger partial charge is 0.253 e. The molecule has 6 heteroatoms. The average molecular weight is 402 g/mol. The SMILES string of the molecule is CC(=O)Nc1c(-c2ccc(C)cc2)c(C)nn1-c1ccc(C(=O)N2CCCC2)cc1. The first-order valence-electron chi connectivity index (χ1n) is 10.3. The molecular formula is C24H26N4O2. The van der Waals surface area contributed by atoms with Crippen molar-refractivity contribution >= 4 is 17.6 Å². The summed E-state index contributed by atoms with van der Waals surface area (Å²) in [5, 5.41) is 7.63. The van der Waals surface area contributed by atoms with Crippen LogP contribution in [0.1, 0.15) is 41.4 Å². The van der Waals surface area contributed by atoms with Crippen molar-refractivity contribution in [2.45, 2.75) is 33.6 Å². The third kappa shape index (κ3) is 3.85. The van der Waals surface area contributed by atoms with E-state index in [2.05, 4.69) is 5.32 Å². The van der Waals surface area contributed by atoms with Crippen molar-refractivity contribution in [1.82, 2.24) is 14.7 Å². The van der Waals surface area contributed by atoms with Gasteiger partial charge in [0.1, 0.15) is 5.82 Å². The van der Waals surface area contributed by atoms with Crippen LogP contribution in [0, 0.1) is 13.8 Å². The molecule has 154 valence electrons. The second kappa shape index (κ2) is 8.14. The van der Waals surface area contributed by atoms with E-state index < -0.39 is 0 Å². The minimum absolute atomic E-state index is 0.0677. The van der Waals surface area contributed by atoms with Crippen molar-refractivity contribution in [1.29, 1.82) is 0 Å². The quantitative estimate of drug-likeness (QED) is 0.705. The van der Waals surface area contributed by atoms with Gasteiger partial charge in [0.2, 0.25) is 5.91 Å². The number of nitrogens with zero attached hydrogens (tertiary/aromatic N) is 3. The van der Waals surface area contributed by atoms with Crippen LogP contribution >= 0.6 is 0 Å². The lowest BCUT2D eigenvalue weighted by atomic mass is 10.0. The number of rotatable bonds is 4. The topological polar surface area (TPSA) is 67.2 Å². The molecule has 1 saturated heterocycles. The van der Waals surface area contributed by atoms with Gasteiger partial charge in [-0.3, -0.25) is 9.59 Å². The number of hydrogen-bond acceptors (Lipinski definition) is 3. The molecule has 3 aromatic rings. The zero-order valence-electron chi connectivity index (χ0n) is 17.6. The number of likely N-dealkylation sites (tertiary alicyclic amines) is 1. The summed E-state index contributed by atoms with van der Waals surface area (Å²) in [5.41, 5.74) is 5.34. The van der Waals surface area contributed by atoms with Crippen LogP contribution in [0.25, 0.3) is 16.8 Å². The zero-order chi connectivity index (χ0) is 21.3. The lowest BCUT2D eigenvalue weighted by molar-refractivity contribution is -0.114. The van der Waals surface area contributed by atoms with E-state index in [1.807, 2.05) is 67.3 Å². The normalized spacial score (nSPS) is 13.5. The van der Waals surface area contributed by atoms with E-state index in [1.165, 1.54) is 12.5 Å². The van der Waals surface area contributed by atoms with Crippen LogP contribution in [0.2, 0.25) is 0 Å². The Morgan fingerprint density at radius 3 is 2.17 bits per heavy atom. The molecule has 2 heterocycles. The fourth-order valence-electron chi connectivity index (χ4n) is 3.91. The fraction of sp³-hybridized carbons (Fsp3) is 0.292. The van der Waals surface area contributed by atoms with Gasteiger partial charge in [0, 0.05) is 31.1 Å². The monoisotopic (exact) mass is 402 g/mol. The Labute approximate surface area is 176 Å². The molecule has 0 atom stereocenters. The number of hydrogen-bond donors (Lipinski definition) is 1. The molecule has 2 amide bonds. The molecular weight excluding hydrogens is 376 g/mol. The molecule has 2 aromatic carbocycles.